The second kappa shape index (κ2) is 16.6. The number of fused-ring (bicyclic) bond motifs is 15. The Balaban J connectivity index is 0.855. The van der Waals surface area contributed by atoms with E-state index in [1.807, 2.05) is 0 Å². The Morgan fingerprint density at radius 1 is 0.282 bits per heavy atom. The lowest BCUT2D eigenvalue weighted by Crippen LogP contribution is -2.11. The fourth-order valence-corrected chi connectivity index (χ4v) is 12.4. The SMILES string of the molecule is Cc1ccccc1N(c1ccc2cc3c(cc2c1)oc1c3ccc2c3cc4ccc(N(c5ccccc5C)c5cccc6c5oc5c(C(C)(C)C)cccc56)cc4cc3oc21)c1cccc2c1oc1c(C(C)(C)C)cccc12. The first-order valence-corrected chi connectivity index (χ1v) is 27.1. The normalized spacial score (nSPS) is 12.6. The molecule has 0 bridgehead atoms. The zero-order valence-corrected chi connectivity index (χ0v) is 45.0. The molecule has 0 atom stereocenters. The first kappa shape index (κ1) is 46.1. The zero-order valence-electron chi connectivity index (χ0n) is 45.0. The largest absolute Gasteiger partial charge is 0.454 e. The number of benzene rings is 11. The molecule has 0 aliphatic rings. The average molecular weight is 1010 g/mol. The number of furan rings is 4. The third kappa shape index (κ3) is 6.95. The van der Waals surface area contributed by atoms with E-state index >= 15 is 0 Å². The third-order valence-corrected chi connectivity index (χ3v) is 16.3. The van der Waals surface area contributed by atoms with Gasteiger partial charge in [0, 0.05) is 77.0 Å². The zero-order chi connectivity index (χ0) is 52.9. The van der Waals surface area contributed by atoms with Crippen LogP contribution in [0, 0.1) is 13.8 Å². The van der Waals surface area contributed by atoms with Gasteiger partial charge in [0.25, 0.3) is 0 Å². The molecule has 0 amide bonds. The Morgan fingerprint density at radius 2 is 0.654 bits per heavy atom. The van der Waals surface area contributed by atoms with Crippen LogP contribution in [0.2, 0.25) is 0 Å². The summed E-state index contributed by atoms with van der Waals surface area (Å²) >= 11 is 0. The van der Waals surface area contributed by atoms with E-state index < -0.39 is 0 Å². The summed E-state index contributed by atoms with van der Waals surface area (Å²) in [6.07, 6.45) is 0. The second-order valence-electron chi connectivity index (χ2n) is 23.4. The van der Waals surface area contributed by atoms with Crippen molar-refractivity contribution in [3.8, 4) is 0 Å². The van der Waals surface area contributed by atoms with E-state index in [0.717, 1.165) is 155 Å². The van der Waals surface area contributed by atoms with Gasteiger partial charge in [0.15, 0.2) is 22.3 Å². The highest BCUT2D eigenvalue weighted by molar-refractivity contribution is 6.22. The molecule has 0 saturated heterocycles. The van der Waals surface area contributed by atoms with Crippen molar-refractivity contribution in [1.29, 1.82) is 0 Å². The Labute approximate surface area is 451 Å². The molecule has 15 aromatic rings. The molecule has 0 spiro atoms. The molecule has 6 nitrogen and oxygen atoms in total. The molecule has 11 aromatic carbocycles. The van der Waals surface area contributed by atoms with Crippen molar-refractivity contribution in [1.82, 2.24) is 0 Å². The van der Waals surface area contributed by atoms with Crippen LogP contribution < -0.4 is 9.80 Å². The number of hydrogen-bond donors (Lipinski definition) is 0. The highest BCUT2D eigenvalue weighted by Crippen LogP contribution is 2.49. The summed E-state index contributed by atoms with van der Waals surface area (Å²) in [4.78, 5) is 4.68. The van der Waals surface area contributed by atoms with Gasteiger partial charge in [-0.3, -0.25) is 0 Å². The maximum absolute atomic E-state index is 6.98. The molecule has 0 saturated carbocycles. The highest BCUT2D eigenvalue weighted by Gasteiger charge is 2.28. The molecule has 4 heterocycles. The van der Waals surface area contributed by atoms with Gasteiger partial charge in [0.2, 0.25) is 0 Å². The minimum Gasteiger partial charge on any atom is -0.454 e. The molecule has 0 aliphatic heterocycles. The van der Waals surface area contributed by atoms with E-state index in [4.69, 9.17) is 17.7 Å². The maximum Gasteiger partial charge on any atom is 0.178 e. The smallest absolute Gasteiger partial charge is 0.178 e. The predicted octanol–water partition coefficient (Wildman–Crippen LogP) is 21.7. The molecule has 378 valence electrons. The second-order valence-corrected chi connectivity index (χ2v) is 23.4. The monoisotopic (exact) mass is 1010 g/mol. The van der Waals surface area contributed by atoms with Crippen LogP contribution in [0.4, 0.5) is 34.1 Å². The Kier molecular flexibility index (Phi) is 9.82. The number of hydrogen-bond acceptors (Lipinski definition) is 6. The van der Waals surface area contributed by atoms with Gasteiger partial charge in [-0.25, -0.2) is 0 Å². The van der Waals surface area contributed by atoms with E-state index in [1.54, 1.807) is 0 Å². The van der Waals surface area contributed by atoms with Crippen LogP contribution >= 0.6 is 0 Å². The summed E-state index contributed by atoms with van der Waals surface area (Å²) in [5, 5.41) is 12.9. The van der Waals surface area contributed by atoms with Crippen LogP contribution in [0.5, 0.6) is 0 Å². The summed E-state index contributed by atoms with van der Waals surface area (Å²) in [6, 6.07) is 69.9. The molecule has 0 aliphatic carbocycles. The van der Waals surface area contributed by atoms with Gasteiger partial charge < -0.3 is 27.5 Å². The summed E-state index contributed by atoms with van der Waals surface area (Å²) in [5.41, 5.74) is 17.4. The summed E-state index contributed by atoms with van der Waals surface area (Å²) in [6.45, 7) is 17.8. The van der Waals surface area contributed by atoms with Crippen LogP contribution in [-0.4, -0.2) is 0 Å². The quantitative estimate of drug-likeness (QED) is 0.165. The van der Waals surface area contributed by atoms with E-state index in [-0.39, 0.29) is 10.8 Å². The lowest BCUT2D eigenvalue weighted by atomic mass is 9.86. The van der Waals surface area contributed by atoms with Crippen LogP contribution in [-0.2, 0) is 10.8 Å². The van der Waals surface area contributed by atoms with Crippen molar-refractivity contribution in [3.63, 3.8) is 0 Å². The van der Waals surface area contributed by atoms with E-state index in [9.17, 15) is 0 Å². The van der Waals surface area contributed by atoms with Crippen molar-refractivity contribution >= 4 is 143 Å². The summed E-state index contributed by atoms with van der Waals surface area (Å²) < 4.78 is 27.8. The van der Waals surface area contributed by atoms with Crippen LogP contribution in [0.15, 0.2) is 212 Å². The summed E-state index contributed by atoms with van der Waals surface area (Å²) in [7, 11) is 0. The molecule has 4 aromatic heterocycles. The lowest BCUT2D eigenvalue weighted by molar-refractivity contribution is 0.572. The van der Waals surface area contributed by atoms with Crippen LogP contribution in [0.1, 0.15) is 63.8 Å². The molecule has 15 rings (SSSR count). The van der Waals surface area contributed by atoms with E-state index in [2.05, 4.69) is 259 Å². The molecule has 6 heteroatoms. The van der Waals surface area contributed by atoms with Gasteiger partial charge in [-0.1, -0.05) is 151 Å². The first-order valence-electron chi connectivity index (χ1n) is 27.1. The summed E-state index contributed by atoms with van der Waals surface area (Å²) in [5.74, 6) is 0. The fourth-order valence-electron chi connectivity index (χ4n) is 12.4. The number of nitrogens with zero attached hydrogens (tertiary/aromatic N) is 2. The van der Waals surface area contributed by atoms with Gasteiger partial charge in [-0.15, -0.1) is 0 Å². The van der Waals surface area contributed by atoms with Crippen molar-refractivity contribution in [2.24, 2.45) is 0 Å². The standard InChI is InChI=1S/C72H56N2O4/c1-41-17-9-11-25-59(41)73(61-27-15-21-51-49-19-13-23-57(71(3,4)5)65(49)77-67(51)61)47-31-29-43-37-55-53-33-34-54-56-38-44-30-32-48(36-46(44)40-64(56)76-70(54)69(53)75-63(55)39-45(43)35-47)74(60-26-12-10-18-42(60)2)62-28-16-22-52-50-20-14-24-58(72(6,7)8)66(50)78-68(52)62/h9-40H,1-8H3. The minimum absolute atomic E-state index is 0.0862. The number of aryl methyl sites for hydroxylation is 2. The third-order valence-electron chi connectivity index (χ3n) is 16.3. The molecule has 0 fully saturated rings. The Morgan fingerprint density at radius 3 is 1.06 bits per heavy atom. The topological polar surface area (TPSA) is 59.0 Å². The fraction of sp³-hybridized carbons (Fsp3) is 0.139. The highest BCUT2D eigenvalue weighted by atomic mass is 16.4. The van der Waals surface area contributed by atoms with Crippen LogP contribution in [0.3, 0.4) is 0 Å². The minimum atomic E-state index is -0.0862. The number of anilines is 6. The van der Waals surface area contributed by atoms with E-state index in [0.29, 0.717) is 0 Å². The Bertz CT molecular complexity index is 4680. The number of para-hydroxylation sites is 6. The number of rotatable bonds is 6. The first-order chi connectivity index (χ1) is 37.7. The van der Waals surface area contributed by atoms with Crippen molar-refractivity contribution in [3.05, 3.63) is 216 Å². The van der Waals surface area contributed by atoms with Crippen molar-refractivity contribution in [2.45, 2.75) is 66.2 Å². The molecule has 78 heavy (non-hydrogen) atoms. The maximum atomic E-state index is 6.98. The van der Waals surface area contributed by atoms with Crippen LogP contribution in [0.25, 0.3) is 109 Å². The van der Waals surface area contributed by atoms with Gasteiger partial charge in [-0.2, -0.15) is 0 Å². The van der Waals surface area contributed by atoms with E-state index in [1.165, 1.54) is 11.1 Å². The van der Waals surface area contributed by atoms with Crippen molar-refractivity contribution < 1.29 is 17.7 Å². The van der Waals surface area contributed by atoms with Gasteiger partial charge in [0.05, 0.1) is 11.4 Å². The molecule has 0 N–H and O–H groups in total. The lowest BCUT2D eigenvalue weighted by Gasteiger charge is -2.27. The predicted molar refractivity (Wildman–Crippen MR) is 327 cm³/mol. The Hall–Kier alpha value is -9.26. The van der Waals surface area contributed by atoms with Crippen molar-refractivity contribution in [2.75, 3.05) is 9.80 Å². The van der Waals surface area contributed by atoms with Gasteiger partial charge in [0.1, 0.15) is 22.3 Å². The molecule has 0 radical (unpaired) electrons. The van der Waals surface area contributed by atoms with Gasteiger partial charge >= 0.3 is 0 Å². The molecular weight excluding hydrogens is 957 g/mol. The van der Waals surface area contributed by atoms with Gasteiger partial charge in [-0.05, 0) is 142 Å². The average Bonchev–Trinajstić information content (AvgIpc) is 4.42. The molecule has 0 unspecified atom stereocenters. The molecular formula is C72H56N2O4.